The fraction of sp³-hybridized carbons (Fsp3) is 0.296. The van der Waals surface area contributed by atoms with Crippen molar-refractivity contribution in [3.05, 3.63) is 83.6 Å². The lowest BCUT2D eigenvalue weighted by molar-refractivity contribution is 0.0950. The van der Waals surface area contributed by atoms with Crippen molar-refractivity contribution in [1.82, 2.24) is 19.9 Å². The SMILES string of the molecule is CSc1ccc2nc(-c3ccc(C4CCCCC4)cc3)c(CNC(=O)c3ccccc3)n2n1. The summed E-state index contributed by atoms with van der Waals surface area (Å²) in [5, 5.41) is 8.72. The summed E-state index contributed by atoms with van der Waals surface area (Å²) in [6.07, 6.45) is 8.59. The van der Waals surface area contributed by atoms with Gasteiger partial charge in [0.2, 0.25) is 0 Å². The fourth-order valence-electron chi connectivity index (χ4n) is 4.67. The van der Waals surface area contributed by atoms with E-state index in [-0.39, 0.29) is 5.91 Å². The second-order valence-corrected chi connectivity index (χ2v) is 9.38. The standard InChI is InChI=1S/C27H28N4OS/c1-33-25-17-16-24-29-26(21-14-12-20(13-15-21)19-8-4-2-5-9-19)23(31(24)30-25)18-28-27(32)22-10-6-3-7-11-22/h3,6-7,10-17,19H,2,4-5,8-9,18H2,1H3,(H,28,32). The molecule has 0 radical (unpaired) electrons. The summed E-state index contributed by atoms with van der Waals surface area (Å²) >= 11 is 1.59. The highest BCUT2D eigenvalue weighted by atomic mass is 32.2. The van der Waals surface area contributed by atoms with Crippen LogP contribution in [-0.2, 0) is 6.54 Å². The van der Waals surface area contributed by atoms with Gasteiger partial charge in [0, 0.05) is 11.1 Å². The number of hydrogen-bond acceptors (Lipinski definition) is 4. The molecule has 0 unspecified atom stereocenters. The molecule has 1 aliphatic carbocycles. The zero-order valence-electron chi connectivity index (χ0n) is 18.8. The van der Waals surface area contributed by atoms with E-state index in [0.29, 0.717) is 18.0 Å². The highest BCUT2D eigenvalue weighted by Gasteiger charge is 2.19. The molecule has 0 atom stereocenters. The summed E-state index contributed by atoms with van der Waals surface area (Å²) < 4.78 is 1.86. The Bertz CT molecular complexity index is 1240. The Morgan fingerprint density at radius 3 is 2.48 bits per heavy atom. The molecule has 4 aromatic rings. The van der Waals surface area contributed by atoms with E-state index < -0.39 is 0 Å². The fourth-order valence-corrected chi connectivity index (χ4v) is 5.03. The van der Waals surface area contributed by atoms with Crippen LogP contribution >= 0.6 is 11.8 Å². The largest absolute Gasteiger partial charge is 0.346 e. The number of carbonyl (C=O) groups excluding carboxylic acids is 1. The maximum Gasteiger partial charge on any atom is 0.251 e. The van der Waals surface area contributed by atoms with Crippen LogP contribution in [0.3, 0.4) is 0 Å². The van der Waals surface area contributed by atoms with Crippen molar-refractivity contribution in [3.63, 3.8) is 0 Å². The minimum absolute atomic E-state index is 0.106. The first-order chi connectivity index (χ1) is 16.2. The molecule has 2 aromatic carbocycles. The van der Waals surface area contributed by atoms with E-state index in [9.17, 15) is 4.79 Å². The lowest BCUT2D eigenvalue weighted by Crippen LogP contribution is -2.24. The molecular weight excluding hydrogens is 428 g/mol. The number of fused-ring (bicyclic) bond motifs is 1. The molecule has 33 heavy (non-hydrogen) atoms. The molecule has 0 saturated heterocycles. The van der Waals surface area contributed by atoms with E-state index in [0.717, 1.165) is 27.6 Å². The quantitative estimate of drug-likeness (QED) is 0.356. The van der Waals surface area contributed by atoms with Crippen LogP contribution in [-0.4, -0.2) is 26.8 Å². The van der Waals surface area contributed by atoms with Gasteiger partial charge in [-0.3, -0.25) is 4.79 Å². The van der Waals surface area contributed by atoms with Crippen LogP contribution in [0.4, 0.5) is 0 Å². The lowest BCUT2D eigenvalue weighted by atomic mass is 9.84. The van der Waals surface area contributed by atoms with E-state index in [2.05, 4.69) is 29.6 Å². The van der Waals surface area contributed by atoms with E-state index >= 15 is 0 Å². The molecule has 2 heterocycles. The minimum atomic E-state index is -0.106. The molecule has 1 amide bonds. The molecule has 168 valence electrons. The van der Waals surface area contributed by atoms with Gasteiger partial charge in [0.15, 0.2) is 5.65 Å². The van der Waals surface area contributed by atoms with Gasteiger partial charge in [0.25, 0.3) is 5.91 Å². The van der Waals surface area contributed by atoms with Crippen molar-refractivity contribution in [1.29, 1.82) is 0 Å². The van der Waals surface area contributed by atoms with Crippen molar-refractivity contribution in [2.75, 3.05) is 6.26 Å². The van der Waals surface area contributed by atoms with Crippen molar-refractivity contribution >= 4 is 23.3 Å². The van der Waals surface area contributed by atoms with Crippen LogP contribution in [0.15, 0.2) is 71.8 Å². The molecule has 0 aliphatic heterocycles. The Morgan fingerprint density at radius 1 is 1.00 bits per heavy atom. The number of amides is 1. The summed E-state index contributed by atoms with van der Waals surface area (Å²) in [5.41, 5.74) is 5.64. The van der Waals surface area contributed by atoms with Gasteiger partial charge in [-0.1, -0.05) is 61.7 Å². The Labute approximate surface area is 198 Å². The van der Waals surface area contributed by atoms with Crippen LogP contribution < -0.4 is 5.32 Å². The topological polar surface area (TPSA) is 59.3 Å². The third-order valence-corrected chi connectivity index (χ3v) is 7.10. The van der Waals surface area contributed by atoms with Crippen LogP contribution in [0.25, 0.3) is 16.9 Å². The lowest BCUT2D eigenvalue weighted by Gasteiger charge is -2.22. The number of benzene rings is 2. The highest BCUT2D eigenvalue weighted by Crippen LogP contribution is 2.34. The number of hydrogen-bond donors (Lipinski definition) is 1. The molecule has 0 spiro atoms. The average molecular weight is 457 g/mol. The number of imidazole rings is 1. The molecule has 5 nitrogen and oxygen atoms in total. The van der Waals surface area contributed by atoms with Crippen LogP contribution in [0.1, 0.15) is 59.6 Å². The summed E-state index contributed by atoms with van der Waals surface area (Å²) in [6.45, 7) is 0.347. The van der Waals surface area contributed by atoms with Gasteiger partial charge >= 0.3 is 0 Å². The monoisotopic (exact) mass is 456 g/mol. The molecule has 1 N–H and O–H groups in total. The van der Waals surface area contributed by atoms with Gasteiger partial charge in [0.05, 0.1) is 17.9 Å². The number of aromatic nitrogens is 3. The van der Waals surface area contributed by atoms with Gasteiger partial charge in [0.1, 0.15) is 5.03 Å². The maximum atomic E-state index is 12.7. The summed E-state index contributed by atoms with van der Waals surface area (Å²) in [4.78, 5) is 17.6. The van der Waals surface area contributed by atoms with Crippen LogP contribution in [0.5, 0.6) is 0 Å². The number of thioether (sulfide) groups is 1. The van der Waals surface area contributed by atoms with Crippen LogP contribution in [0, 0.1) is 0 Å². The van der Waals surface area contributed by atoms with Crippen molar-refractivity contribution in [2.45, 2.75) is 49.6 Å². The molecule has 0 bridgehead atoms. The average Bonchev–Trinajstić information content (AvgIpc) is 3.26. The minimum Gasteiger partial charge on any atom is -0.346 e. The van der Waals surface area contributed by atoms with Gasteiger partial charge < -0.3 is 5.32 Å². The van der Waals surface area contributed by atoms with E-state index in [1.54, 1.807) is 11.8 Å². The van der Waals surface area contributed by atoms with Crippen LogP contribution in [0.2, 0.25) is 0 Å². The zero-order valence-corrected chi connectivity index (χ0v) is 19.6. The number of nitrogens with zero attached hydrogens (tertiary/aromatic N) is 3. The van der Waals surface area contributed by atoms with Gasteiger partial charge in [-0.25, -0.2) is 9.50 Å². The molecule has 1 fully saturated rings. The van der Waals surface area contributed by atoms with E-state index in [1.165, 1.54) is 37.7 Å². The van der Waals surface area contributed by atoms with E-state index in [4.69, 9.17) is 10.1 Å². The highest BCUT2D eigenvalue weighted by molar-refractivity contribution is 7.98. The first-order valence-corrected chi connectivity index (χ1v) is 12.8. The van der Waals surface area contributed by atoms with Crippen molar-refractivity contribution < 1.29 is 4.79 Å². The first kappa shape index (κ1) is 21.7. The van der Waals surface area contributed by atoms with Gasteiger partial charge in [-0.05, 0) is 54.8 Å². The molecule has 1 saturated carbocycles. The predicted octanol–water partition coefficient (Wildman–Crippen LogP) is 6.10. The Hall–Kier alpha value is -3.12. The normalized spacial score (nSPS) is 14.5. The Kier molecular flexibility index (Phi) is 6.44. The molecule has 1 aliphatic rings. The maximum absolute atomic E-state index is 12.7. The summed E-state index contributed by atoms with van der Waals surface area (Å²) in [7, 11) is 0. The third-order valence-electron chi connectivity index (χ3n) is 6.47. The molecule has 6 heteroatoms. The first-order valence-electron chi connectivity index (χ1n) is 11.6. The molecule has 2 aromatic heterocycles. The Balaban J connectivity index is 1.47. The summed E-state index contributed by atoms with van der Waals surface area (Å²) in [6, 6.07) is 22.1. The second-order valence-electron chi connectivity index (χ2n) is 8.56. The van der Waals surface area contributed by atoms with Crippen molar-refractivity contribution in [2.24, 2.45) is 0 Å². The van der Waals surface area contributed by atoms with Gasteiger partial charge in [-0.15, -0.1) is 11.8 Å². The predicted molar refractivity (Wildman–Crippen MR) is 134 cm³/mol. The zero-order chi connectivity index (χ0) is 22.6. The Morgan fingerprint density at radius 2 is 1.76 bits per heavy atom. The molecule has 5 rings (SSSR count). The van der Waals surface area contributed by atoms with Gasteiger partial charge in [-0.2, -0.15) is 5.10 Å². The molecular formula is C27H28N4OS. The number of rotatable bonds is 6. The van der Waals surface area contributed by atoms with E-state index in [1.807, 2.05) is 53.2 Å². The summed E-state index contributed by atoms with van der Waals surface area (Å²) in [5.74, 6) is 0.564. The number of nitrogens with one attached hydrogen (secondary N) is 1. The number of carbonyl (C=O) groups is 1. The van der Waals surface area contributed by atoms with Crippen molar-refractivity contribution in [3.8, 4) is 11.3 Å². The second kappa shape index (κ2) is 9.79. The smallest absolute Gasteiger partial charge is 0.251 e. The third kappa shape index (κ3) is 4.67.